The van der Waals surface area contributed by atoms with E-state index in [0.29, 0.717) is 33.5 Å². The van der Waals surface area contributed by atoms with Crippen LogP contribution in [0.3, 0.4) is 0 Å². The van der Waals surface area contributed by atoms with Gasteiger partial charge in [0.15, 0.2) is 0 Å². The smallest absolute Gasteiger partial charge is 0.0774 e. The molecule has 0 bridgehead atoms. The van der Waals surface area contributed by atoms with Gasteiger partial charge in [0.1, 0.15) is 0 Å². The van der Waals surface area contributed by atoms with Crippen LogP contribution >= 0.6 is 34.8 Å². The highest BCUT2D eigenvalue weighted by molar-refractivity contribution is 6.44. The summed E-state index contributed by atoms with van der Waals surface area (Å²) >= 11 is 17.7. The minimum atomic E-state index is -0.754. The fourth-order valence-corrected chi connectivity index (χ4v) is 1.94. The molecule has 2 nitrogen and oxygen atoms in total. The van der Waals surface area contributed by atoms with E-state index in [1.807, 2.05) is 0 Å². The summed E-state index contributed by atoms with van der Waals surface area (Å²) in [6.07, 6.45) is 0.132. The molecule has 0 fully saturated rings. The molecular weight excluding hydrogens is 258 g/mol. The average molecular weight is 270 g/mol. The zero-order valence-electron chi connectivity index (χ0n) is 7.88. The van der Waals surface area contributed by atoms with Crippen LogP contribution in [0.15, 0.2) is 12.1 Å². The van der Waals surface area contributed by atoms with Gasteiger partial charge >= 0.3 is 0 Å². The summed E-state index contributed by atoms with van der Waals surface area (Å²) in [4.78, 5) is 0. The number of rotatable bonds is 4. The Morgan fingerprint density at radius 3 is 2.33 bits per heavy atom. The van der Waals surface area contributed by atoms with Crippen LogP contribution in [0.5, 0.6) is 0 Å². The van der Waals surface area contributed by atoms with Crippen molar-refractivity contribution in [3.05, 3.63) is 32.8 Å². The predicted octanol–water partition coefficient (Wildman–Crippen LogP) is 2.93. The van der Waals surface area contributed by atoms with Crippen molar-refractivity contribution in [1.29, 1.82) is 0 Å². The van der Waals surface area contributed by atoms with E-state index in [-0.39, 0.29) is 6.61 Å². The van der Waals surface area contributed by atoms with Crippen molar-refractivity contribution < 1.29 is 10.2 Å². The highest BCUT2D eigenvalue weighted by atomic mass is 35.5. The second-order valence-corrected chi connectivity index (χ2v) is 4.39. The first kappa shape index (κ1) is 13.1. The summed E-state index contributed by atoms with van der Waals surface area (Å²) in [5, 5.41) is 19.2. The van der Waals surface area contributed by atoms with Gasteiger partial charge in [-0.05, 0) is 30.5 Å². The van der Waals surface area contributed by atoms with Crippen molar-refractivity contribution in [2.24, 2.45) is 0 Å². The Morgan fingerprint density at radius 2 is 1.73 bits per heavy atom. The molecule has 1 unspecified atom stereocenters. The Bertz CT molecular complexity index is 342. The number of halogens is 3. The number of aliphatic hydroxyl groups is 2. The molecular formula is C10H11Cl3O2. The third-order valence-corrected chi connectivity index (χ3v) is 3.27. The predicted molar refractivity (Wildman–Crippen MR) is 62.9 cm³/mol. The summed E-state index contributed by atoms with van der Waals surface area (Å²) in [5.74, 6) is 0. The molecule has 5 heteroatoms. The second kappa shape index (κ2) is 5.92. The lowest BCUT2D eigenvalue weighted by atomic mass is 10.1. The van der Waals surface area contributed by atoms with Crippen molar-refractivity contribution >= 4 is 34.8 Å². The average Bonchev–Trinajstić information content (AvgIpc) is 2.23. The molecule has 15 heavy (non-hydrogen) atoms. The van der Waals surface area contributed by atoms with Crippen molar-refractivity contribution in [2.75, 3.05) is 6.61 Å². The normalized spacial score (nSPS) is 12.9. The zero-order chi connectivity index (χ0) is 11.4. The second-order valence-electron chi connectivity index (χ2n) is 3.20. The summed E-state index contributed by atoms with van der Waals surface area (Å²) in [6.45, 7) is -0.268. The molecule has 2 N–H and O–H groups in total. The molecule has 1 aromatic carbocycles. The van der Waals surface area contributed by atoms with E-state index in [0.717, 1.165) is 0 Å². The van der Waals surface area contributed by atoms with Crippen LogP contribution in [0.4, 0.5) is 0 Å². The van der Waals surface area contributed by atoms with Crippen LogP contribution < -0.4 is 0 Å². The standard InChI is InChI=1S/C10H11Cl3O2/c11-8-3-4-9(12)10(13)7(8)2-1-6(15)5-14/h3-4,6,14-15H,1-2,5H2. The SMILES string of the molecule is OCC(O)CCc1c(Cl)ccc(Cl)c1Cl. The molecule has 0 saturated heterocycles. The summed E-state index contributed by atoms with van der Waals surface area (Å²) in [7, 11) is 0. The molecule has 1 rings (SSSR count). The van der Waals surface area contributed by atoms with E-state index < -0.39 is 6.10 Å². The van der Waals surface area contributed by atoms with E-state index in [4.69, 9.17) is 39.9 Å². The number of hydrogen-bond acceptors (Lipinski definition) is 2. The van der Waals surface area contributed by atoms with E-state index in [1.54, 1.807) is 12.1 Å². The fraction of sp³-hybridized carbons (Fsp3) is 0.400. The molecule has 0 radical (unpaired) electrons. The van der Waals surface area contributed by atoms with E-state index in [2.05, 4.69) is 0 Å². The van der Waals surface area contributed by atoms with Crippen LogP contribution in [0.2, 0.25) is 15.1 Å². The lowest BCUT2D eigenvalue weighted by Crippen LogP contribution is -2.12. The van der Waals surface area contributed by atoms with Crippen molar-refractivity contribution in [3.8, 4) is 0 Å². The fourth-order valence-electron chi connectivity index (χ4n) is 1.20. The van der Waals surface area contributed by atoms with Crippen LogP contribution in [0.25, 0.3) is 0 Å². The Hall–Kier alpha value is 0.01000. The minimum Gasteiger partial charge on any atom is -0.394 e. The number of hydrogen-bond donors (Lipinski definition) is 2. The maximum Gasteiger partial charge on any atom is 0.0774 e. The molecule has 0 aromatic heterocycles. The molecule has 0 aliphatic carbocycles. The van der Waals surface area contributed by atoms with Crippen molar-refractivity contribution in [1.82, 2.24) is 0 Å². The molecule has 0 saturated carbocycles. The van der Waals surface area contributed by atoms with Crippen molar-refractivity contribution in [3.63, 3.8) is 0 Å². The molecule has 0 aliphatic rings. The van der Waals surface area contributed by atoms with Gasteiger partial charge in [-0.2, -0.15) is 0 Å². The highest BCUT2D eigenvalue weighted by Crippen LogP contribution is 2.32. The monoisotopic (exact) mass is 268 g/mol. The van der Waals surface area contributed by atoms with Gasteiger partial charge < -0.3 is 10.2 Å². The molecule has 0 spiro atoms. The Kier molecular flexibility index (Phi) is 5.16. The molecule has 0 aliphatic heterocycles. The van der Waals surface area contributed by atoms with Crippen molar-refractivity contribution in [2.45, 2.75) is 18.9 Å². The first-order valence-corrected chi connectivity index (χ1v) is 5.61. The first-order chi connectivity index (χ1) is 7.06. The van der Waals surface area contributed by atoms with Gasteiger partial charge in [0, 0.05) is 5.02 Å². The van der Waals surface area contributed by atoms with Gasteiger partial charge in [0.2, 0.25) is 0 Å². The Morgan fingerprint density at radius 1 is 1.13 bits per heavy atom. The van der Waals surface area contributed by atoms with Gasteiger partial charge in [0.25, 0.3) is 0 Å². The van der Waals surface area contributed by atoms with Gasteiger partial charge in [-0.3, -0.25) is 0 Å². The number of benzene rings is 1. The largest absolute Gasteiger partial charge is 0.394 e. The first-order valence-electron chi connectivity index (χ1n) is 4.47. The van der Waals surface area contributed by atoms with E-state index in [9.17, 15) is 5.11 Å². The van der Waals surface area contributed by atoms with Crippen LogP contribution in [-0.2, 0) is 6.42 Å². The Balaban J connectivity index is 2.80. The third-order valence-electron chi connectivity index (χ3n) is 2.08. The van der Waals surface area contributed by atoms with Gasteiger partial charge in [-0.25, -0.2) is 0 Å². The minimum absolute atomic E-state index is 0.268. The lowest BCUT2D eigenvalue weighted by Gasteiger charge is -2.10. The summed E-state index contributed by atoms with van der Waals surface area (Å²) < 4.78 is 0. The van der Waals surface area contributed by atoms with Crippen LogP contribution in [0.1, 0.15) is 12.0 Å². The van der Waals surface area contributed by atoms with Gasteiger partial charge in [-0.1, -0.05) is 34.8 Å². The Labute approximate surface area is 103 Å². The van der Waals surface area contributed by atoms with Crippen LogP contribution in [0, 0.1) is 0 Å². The quantitative estimate of drug-likeness (QED) is 0.825. The zero-order valence-corrected chi connectivity index (χ0v) is 10.1. The molecule has 1 atom stereocenters. The third kappa shape index (κ3) is 3.51. The number of aliphatic hydroxyl groups excluding tert-OH is 2. The molecule has 0 amide bonds. The van der Waals surface area contributed by atoms with E-state index in [1.165, 1.54) is 0 Å². The van der Waals surface area contributed by atoms with Crippen LogP contribution in [-0.4, -0.2) is 22.9 Å². The van der Waals surface area contributed by atoms with Gasteiger partial charge in [-0.15, -0.1) is 0 Å². The lowest BCUT2D eigenvalue weighted by molar-refractivity contribution is 0.0886. The summed E-state index contributed by atoms with van der Waals surface area (Å²) in [6, 6.07) is 3.29. The molecule has 0 heterocycles. The topological polar surface area (TPSA) is 40.5 Å². The maximum atomic E-state index is 9.20. The highest BCUT2D eigenvalue weighted by Gasteiger charge is 2.11. The maximum absolute atomic E-state index is 9.20. The molecule has 1 aromatic rings. The summed E-state index contributed by atoms with van der Waals surface area (Å²) in [5.41, 5.74) is 0.707. The molecule has 84 valence electrons. The van der Waals surface area contributed by atoms with Gasteiger partial charge in [0.05, 0.1) is 22.8 Å². The van der Waals surface area contributed by atoms with E-state index >= 15 is 0 Å².